The number of aliphatic hydroxyl groups is 2. The fourth-order valence-corrected chi connectivity index (χ4v) is 4.93. The quantitative estimate of drug-likeness (QED) is 0.317. The highest BCUT2D eigenvalue weighted by molar-refractivity contribution is 7.99. The molecule has 0 aliphatic carbocycles. The fraction of sp³-hybridized carbons (Fsp3) is 0.250. The Morgan fingerprint density at radius 1 is 0.774 bits per heavy atom. The van der Waals surface area contributed by atoms with Gasteiger partial charge in [0.2, 0.25) is 0 Å². The summed E-state index contributed by atoms with van der Waals surface area (Å²) >= 11 is 20.3. The van der Waals surface area contributed by atoms with E-state index in [2.05, 4.69) is 12.1 Å². The molecule has 0 fully saturated rings. The van der Waals surface area contributed by atoms with Crippen LogP contribution in [0.3, 0.4) is 0 Å². The fourth-order valence-electron chi connectivity index (χ4n) is 3.21. The summed E-state index contributed by atoms with van der Waals surface area (Å²) in [7, 11) is 0. The van der Waals surface area contributed by atoms with Crippen molar-refractivity contribution in [2.75, 3.05) is 13.2 Å². The smallest absolute Gasteiger partial charge is 0.0633 e. The molecule has 3 aromatic rings. The minimum absolute atomic E-state index is 0.240. The Hall–Kier alpha value is -1.24. The number of aryl methyl sites for hydroxylation is 1. The Morgan fingerprint density at radius 3 is 1.97 bits per heavy atom. The molecule has 164 valence electrons. The lowest BCUT2D eigenvalue weighted by atomic mass is 9.94. The van der Waals surface area contributed by atoms with E-state index in [0.717, 1.165) is 39.3 Å². The molecule has 0 aromatic heterocycles. The summed E-state index contributed by atoms with van der Waals surface area (Å²) in [5.74, 6) is 0. The highest BCUT2D eigenvalue weighted by Gasteiger charge is 2.22. The Balaban J connectivity index is 1.63. The van der Waals surface area contributed by atoms with Crippen LogP contribution in [0.5, 0.6) is 0 Å². The molecule has 0 saturated carbocycles. The first-order valence-corrected chi connectivity index (χ1v) is 11.8. The van der Waals surface area contributed by atoms with Crippen molar-refractivity contribution in [3.05, 3.63) is 81.3 Å². The zero-order valence-corrected chi connectivity index (χ0v) is 19.9. The maximum atomic E-state index is 9.29. The Bertz CT molecular complexity index is 1000. The number of halogens is 3. The Morgan fingerprint density at radius 2 is 1.39 bits per heavy atom. The summed E-state index contributed by atoms with van der Waals surface area (Å²) in [6.07, 6.45) is 2.00. The topological polar surface area (TPSA) is 66.5 Å². The summed E-state index contributed by atoms with van der Waals surface area (Å²) in [4.78, 5) is 2.14. The van der Waals surface area contributed by atoms with E-state index in [-0.39, 0.29) is 13.2 Å². The van der Waals surface area contributed by atoms with Crippen molar-refractivity contribution in [3.8, 4) is 11.1 Å². The van der Waals surface area contributed by atoms with Gasteiger partial charge < -0.3 is 15.9 Å². The highest BCUT2D eigenvalue weighted by atomic mass is 35.5. The highest BCUT2D eigenvalue weighted by Crippen LogP contribution is 2.34. The van der Waals surface area contributed by atoms with E-state index in [0.29, 0.717) is 21.5 Å². The zero-order valence-electron chi connectivity index (χ0n) is 16.8. The van der Waals surface area contributed by atoms with Gasteiger partial charge >= 0.3 is 0 Å². The van der Waals surface area contributed by atoms with Crippen LogP contribution in [-0.2, 0) is 6.42 Å². The molecule has 3 aromatic carbocycles. The van der Waals surface area contributed by atoms with Gasteiger partial charge in [0.1, 0.15) is 0 Å². The van der Waals surface area contributed by atoms with Crippen LogP contribution in [0.1, 0.15) is 18.4 Å². The van der Waals surface area contributed by atoms with E-state index in [1.54, 1.807) is 17.8 Å². The number of aliphatic hydroxyl groups excluding tert-OH is 2. The SMILES string of the molecule is NC(CO)(CO)CCCc1ccc(Sc2ccc(-c3cc(Cl)cc(Cl)c3)cc2)cc1Cl. The molecule has 0 spiro atoms. The number of rotatable bonds is 9. The first kappa shape index (κ1) is 24.4. The second kappa shape index (κ2) is 11.1. The Labute approximate surface area is 202 Å². The largest absolute Gasteiger partial charge is 0.394 e. The molecule has 3 nitrogen and oxygen atoms in total. The second-order valence-corrected chi connectivity index (χ2v) is 10.00. The van der Waals surface area contributed by atoms with Crippen LogP contribution < -0.4 is 5.73 Å². The third kappa shape index (κ3) is 6.87. The van der Waals surface area contributed by atoms with E-state index in [4.69, 9.17) is 40.5 Å². The molecular formula is C24H24Cl3NO2S. The minimum Gasteiger partial charge on any atom is -0.394 e. The lowest BCUT2D eigenvalue weighted by Gasteiger charge is -2.24. The average molecular weight is 497 g/mol. The van der Waals surface area contributed by atoms with Gasteiger partial charge in [-0.1, -0.05) is 64.8 Å². The van der Waals surface area contributed by atoms with E-state index in [1.807, 2.05) is 42.5 Å². The standard InChI is InChI=1S/C24H24Cl3NO2S/c25-19-10-18(11-20(26)12-19)16-3-6-21(7-4-16)31-22-8-5-17(23(27)13-22)2-1-9-24(28,14-29)15-30/h3-8,10-13,29-30H,1-2,9,14-15,28H2. The maximum absolute atomic E-state index is 9.29. The second-order valence-electron chi connectivity index (χ2n) is 7.57. The molecule has 0 heterocycles. The van der Waals surface area contributed by atoms with Crippen LogP contribution in [0.2, 0.25) is 15.1 Å². The zero-order chi connectivity index (χ0) is 22.4. The van der Waals surface area contributed by atoms with Crippen molar-refractivity contribution in [2.45, 2.75) is 34.6 Å². The molecule has 0 unspecified atom stereocenters. The van der Waals surface area contributed by atoms with Gasteiger partial charge in [-0.15, -0.1) is 0 Å². The van der Waals surface area contributed by atoms with Crippen LogP contribution in [0.25, 0.3) is 11.1 Å². The third-order valence-electron chi connectivity index (χ3n) is 5.06. The van der Waals surface area contributed by atoms with Crippen molar-refractivity contribution >= 4 is 46.6 Å². The monoisotopic (exact) mass is 495 g/mol. The summed E-state index contributed by atoms with van der Waals surface area (Å²) in [6.45, 7) is -0.480. The molecule has 31 heavy (non-hydrogen) atoms. The molecule has 0 amide bonds. The van der Waals surface area contributed by atoms with Gasteiger partial charge in [-0.3, -0.25) is 0 Å². The number of hydrogen-bond acceptors (Lipinski definition) is 4. The summed E-state index contributed by atoms with van der Waals surface area (Å²) in [5, 5.41) is 20.5. The van der Waals surface area contributed by atoms with Gasteiger partial charge in [-0.25, -0.2) is 0 Å². The molecule has 4 N–H and O–H groups in total. The number of nitrogens with two attached hydrogens (primary N) is 1. The lowest BCUT2D eigenvalue weighted by molar-refractivity contribution is 0.113. The first-order valence-electron chi connectivity index (χ1n) is 9.85. The van der Waals surface area contributed by atoms with Gasteiger partial charge in [0.25, 0.3) is 0 Å². The Kier molecular flexibility index (Phi) is 8.71. The van der Waals surface area contributed by atoms with Crippen molar-refractivity contribution in [2.24, 2.45) is 5.73 Å². The van der Waals surface area contributed by atoms with Crippen LogP contribution in [0.15, 0.2) is 70.5 Å². The van der Waals surface area contributed by atoms with Crippen LogP contribution in [-0.4, -0.2) is 29.0 Å². The van der Waals surface area contributed by atoms with Crippen LogP contribution in [0, 0.1) is 0 Å². The molecule has 0 atom stereocenters. The predicted molar refractivity (Wildman–Crippen MR) is 132 cm³/mol. The maximum Gasteiger partial charge on any atom is 0.0633 e. The first-order chi connectivity index (χ1) is 14.8. The summed E-state index contributed by atoms with van der Waals surface area (Å²) in [5.41, 5.74) is 8.03. The van der Waals surface area contributed by atoms with Crippen molar-refractivity contribution < 1.29 is 10.2 Å². The molecule has 0 saturated heterocycles. The summed E-state index contributed by atoms with van der Waals surface area (Å²) < 4.78 is 0. The number of hydrogen-bond donors (Lipinski definition) is 3. The average Bonchev–Trinajstić information content (AvgIpc) is 2.75. The third-order valence-corrected chi connectivity index (χ3v) is 6.85. The van der Waals surface area contributed by atoms with Gasteiger partial charge in [0, 0.05) is 24.9 Å². The molecule has 7 heteroatoms. The molecule has 0 bridgehead atoms. The van der Waals surface area contributed by atoms with Gasteiger partial charge in [0.15, 0.2) is 0 Å². The molecule has 0 radical (unpaired) electrons. The molecule has 0 aliphatic heterocycles. The van der Waals surface area contributed by atoms with E-state index < -0.39 is 5.54 Å². The molecule has 0 aliphatic rings. The molecule has 3 rings (SSSR count). The van der Waals surface area contributed by atoms with Crippen LogP contribution >= 0.6 is 46.6 Å². The van der Waals surface area contributed by atoms with Gasteiger partial charge in [0.05, 0.1) is 18.8 Å². The van der Waals surface area contributed by atoms with Crippen molar-refractivity contribution in [1.29, 1.82) is 0 Å². The predicted octanol–water partition coefficient (Wildman–Crippen LogP) is 6.47. The number of benzene rings is 3. The van der Waals surface area contributed by atoms with E-state index in [1.165, 1.54) is 0 Å². The van der Waals surface area contributed by atoms with E-state index in [9.17, 15) is 10.2 Å². The van der Waals surface area contributed by atoms with Crippen molar-refractivity contribution in [3.63, 3.8) is 0 Å². The normalized spacial score (nSPS) is 11.7. The summed E-state index contributed by atoms with van der Waals surface area (Å²) in [6, 6.07) is 19.7. The van der Waals surface area contributed by atoms with E-state index >= 15 is 0 Å². The lowest BCUT2D eigenvalue weighted by Crippen LogP contribution is -2.47. The van der Waals surface area contributed by atoms with Crippen LogP contribution in [0.4, 0.5) is 0 Å². The van der Waals surface area contributed by atoms with Gasteiger partial charge in [-0.2, -0.15) is 0 Å². The van der Waals surface area contributed by atoms with Crippen molar-refractivity contribution in [1.82, 2.24) is 0 Å². The molecular weight excluding hydrogens is 473 g/mol. The van der Waals surface area contributed by atoms with Gasteiger partial charge in [-0.05, 0) is 78.4 Å². The minimum atomic E-state index is -0.940.